The van der Waals surface area contributed by atoms with E-state index < -0.39 is 5.91 Å². The predicted octanol–water partition coefficient (Wildman–Crippen LogP) is 2.82. The van der Waals surface area contributed by atoms with Crippen LogP contribution in [-0.2, 0) is 17.8 Å². The Bertz CT molecular complexity index is 992. The largest absolute Gasteiger partial charge is 0.289 e. The number of rotatable bonds is 5. The zero-order chi connectivity index (χ0) is 17.8. The number of nitrogens with zero attached hydrogens (tertiary/aromatic N) is 3. The van der Waals surface area contributed by atoms with Gasteiger partial charge in [0.15, 0.2) is 0 Å². The lowest BCUT2D eigenvalue weighted by molar-refractivity contribution is -0.121. The summed E-state index contributed by atoms with van der Waals surface area (Å²) in [5.74, 6) is -0.403. The zero-order valence-electron chi connectivity index (χ0n) is 13.4. The van der Waals surface area contributed by atoms with Crippen molar-refractivity contribution in [2.24, 2.45) is 5.10 Å². The van der Waals surface area contributed by atoms with E-state index in [0.717, 1.165) is 16.9 Å². The van der Waals surface area contributed by atoms with Gasteiger partial charge in [0.05, 0.1) is 17.9 Å². The number of hydrogen-bond acceptors (Lipinski definition) is 5. The number of amides is 1. The fraction of sp³-hybridized carbons (Fsp3) is 0.176. The van der Waals surface area contributed by atoms with E-state index in [2.05, 4.69) is 15.5 Å². The average molecular weight is 375 g/mol. The maximum absolute atomic E-state index is 12.4. The quantitative estimate of drug-likeness (QED) is 0.551. The van der Waals surface area contributed by atoms with Crippen molar-refractivity contribution in [3.63, 3.8) is 0 Å². The van der Waals surface area contributed by atoms with Gasteiger partial charge in [-0.15, -0.1) is 11.3 Å². The lowest BCUT2D eigenvalue weighted by Gasteiger charge is -2.03. The Kier molecular flexibility index (Phi) is 5.25. The van der Waals surface area contributed by atoms with Gasteiger partial charge in [-0.25, -0.2) is 10.4 Å². The highest BCUT2D eigenvalue weighted by molar-refractivity contribution is 7.18. The van der Waals surface area contributed by atoms with Crippen molar-refractivity contribution in [3.8, 4) is 0 Å². The van der Waals surface area contributed by atoms with Crippen LogP contribution in [0.2, 0.25) is 5.02 Å². The number of fused-ring (bicyclic) bond motifs is 1. The van der Waals surface area contributed by atoms with Crippen LogP contribution < -0.4 is 11.0 Å². The molecule has 1 amide bonds. The molecule has 0 unspecified atom stereocenters. The van der Waals surface area contributed by atoms with Crippen molar-refractivity contribution in [1.29, 1.82) is 0 Å². The molecular formula is C17H15ClN4O2S. The van der Waals surface area contributed by atoms with Crippen LogP contribution >= 0.6 is 22.9 Å². The second-order valence-electron chi connectivity index (χ2n) is 5.31. The number of nitrogens with one attached hydrogen (secondary N) is 1. The Morgan fingerprint density at radius 3 is 2.88 bits per heavy atom. The van der Waals surface area contributed by atoms with E-state index in [1.54, 1.807) is 24.3 Å². The standard InChI is InChI=1S/C17H15ClN4O2S/c1-2-13-7-14-16(25-13)19-10-22(17(14)24)9-15(23)21-20-8-11-3-5-12(18)6-4-11/h3-8,10H,2,9H2,1H3,(H,21,23)/b20-8+. The summed E-state index contributed by atoms with van der Waals surface area (Å²) in [6.07, 6.45) is 3.74. The van der Waals surface area contributed by atoms with Gasteiger partial charge in [0, 0.05) is 9.90 Å². The highest BCUT2D eigenvalue weighted by atomic mass is 35.5. The van der Waals surface area contributed by atoms with Crippen molar-refractivity contribution < 1.29 is 4.79 Å². The number of hydrazone groups is 1. The van der Waals surface area contributed by atoms with Crippen LogP contribution in [0.25, 0.3) is 10.2 Å². The van der Waals surface area contributed by atoms with E-state index in [1.165, 1.54) is 28.4 Å². The first-order valence-electron chi connectivity index (χ1n) is 7.62. The summed E-state index contributed by atoms with van der Waals surface area (Å²) < 4.78 is 1.28. The second kappa shape index (κ2) is 7.58. The minimum absolute atomic E-state index is 0.142. The normalized spacial score (nSPS) is 11.3. The fourth-order valence-corrected chi connectivity index (χ4v) is 3.27. The lowest BCUT2D eigenvalue weighted by Crippen LogP contribution is -2.29. The molecule has 0 saturated heterocycles. The molecule has 2 heterocycles. The van der Waals surface area contributed by atoms with Crippen molar-refractivity contribution in [2.45, 2.75) is 19.9 Å². The summed E-state index contributed by atoms with van der Waals surface area (Å²) >= 11 is 7.30. The number of benzene rings is 1. The minimum atomic E-state index is -0.403. The van der Waals surface area contributed by atoms with Crippen LogP contribution in [0.3, 0.4) is 0 Å². The van der Waals surface area contributed by atoms with Crippen molar-refractivity contribution in [1.82, 2.24) is 15.0 Å². The highest BCUT2D eigenvalue weighted by Crippen LogP contribution is 2.20. The highest BCUT2D eigenvalue weighted by Gasteiger charge is 2.10. The number of halogens is 1. The van der Waals surface area contributed by atoms with Crippen molar-refractivity contribution >= 4 is 45.3 Å². The predicted molar refractivity (Wildman–Crippen MR) is 100 cm³/mol. The Balaban J connectivity index is 1.68. The Hall–Kier alpha value is -2.51. The van der Waals surface area contributed by atoms with E-state index in [9.17, 15) is 9.59 Å². The molecule has 8 heteroatoms. The van der Waals surface area contributed by atoms with E-state index in [4.69, 9.17) is 11.6 Å². The van der Waals surface area contributed by atoms with Gasteiger partial charge in [0.25, 0.3) is 11.5 Å². The van der Waals surface area contributed by atoms with Gasteiger partial charge in [0.2, 0.25) is 0 Å². The zero-order valence-corrected chi connectivity index (χ0v) is 15.0. The van der Waals surface area contributed by atoms with Crippen LogP contribution in [0.15, 0.2) is 46.6 Å². The molecule has 0 fully saturated rings. The summed E-state index contributed by atoms with van der Waals surface area (Å²) in [5.41, 5.74) is 2.98. The molecular weight excluding hydrogens is 360 g/mol. The summed E-state index contributed by atoms with van der Waals surface area (Å²) in [5, 5.41) is 5.05. The Morgan fingerprint density at radius 1 is 1.40 bits per heavy atom. The van der Waals surface area contributed by atoms with E-state index in [0.29, 0.717) is 15.2 Å². The summed E-state index contributed by atoms with van der Waals surface area (Å²) in [7, 11) is 0. The third kappa shape index (κ3) is 4.12. The van der Waals surface area contributed by atoms with E-state index in [-0.39, 0.29) is 12.1 Å². The first-order valence-corrected chi connectivity index (χ1v) is 8.81. The summed E-state index contributed by atoms with van der Waals surface area (Å²) in [6, 6.07) is 8.86. The fourth-order valence-electron chi connectivity index (χ4n) is 2.21. The van der Waals surface area contributed by atoms with Crippen LogP contribution in [-0.4, -0.2) is 21.7 Å². The molecule has 3 aromatic rings. The number of aromatic nitrogens is 2. The average Bonchev–Trinajstić information content (AvgIpc) is 3.03. The first-order chi connectivity index (χ1) is 12.1. The number of carbonyl (C=O) groups excluding carboxylic acids is 1. The molecule has 0 aliphatic carbocycles. The van der Waals surface area contributed by atoms with Gasteiger partial charge in [-0.2, -0.15) is 5.10 Å². The van der Waals surface area contributed by atoms with Crippen molar-refractivity contribution in [3.05, 3.63) is 62.5 Å². The summed E-state index contributed by atoms with van der Waals surface area (Å²) in [4.78, 5) is 30.4. The molecule has 0 spiro atoms. The topological polar surface area (TPSA) is 76.3 Å². The SMILES string of the molecule is CCc1cc2c(=O)n(CC(=O)N/N=C/c3ccc(Cl)cc3)cnc2s1. The maximum Gasteiger partial charge on any atom is 0.262 e. The van der Waals surface area contributed by atoms with E-state index >= 15 is 0 Å². The molecule has 1 aromatic carbocycles. The molecule has 1 N–H and O–H groups in total. The third-order valence-electron chi connectivity index (χ3n) is 3.50. The second-order valence-corrected chi connectivity index (χ2v) is 6.86. The molecule has 0 aliphatic rings. The number of thiophene rings is 1. The molecule has 0 radical (unpaired) electrons. The molecule has 3 rings (SSSR count). The molecule has 2 aromatic heterocycles. The van der Waals surface area contributed by atoms with Crippen LogP contribution in [0, 0.1) is 0 Å². The van der Waals surface area contributed by atoms with Crippen LogP contribution in [0.1, 0.15) is 17.4 Å². The lowest BCUT2D eigenvalue weighted by atomic mass is 10.2. The molecule has 0 aliphatic heterocycles. The molecule has 25 heavy (non-hydrogen) atoms. The minimum Gasteiger partial charge on any atom is -0.289 e. The monoisotopic (exact) mass is 374 g/mol. The van der Waals surface area contributed by atoms with Gasteiger partial charge in [-0.3, -0.25) is 14.2 Å². The van der Waals surface area contributed by atoms with Crippen molar-refractivity contribution in [2.75, 3.05) is 0 Å². The molecule has 0 saturated carbocycles. The molecule has 0 atom stereocenters. The first kappa shape index (κ1) is 17.3. The molecule has 0 bridgehead atoms. The van der Waals surface area contributed by atoms with Crippen LogP contribution in [0.5, 0.6) is 0 Å². The number of aryl methyl sites for hydroxylation is 1. The van der Waals surface area contributed by atoms with Gasteiger partial charge >= 0.3 is 0 Å². The van der Waals surface area contributed by atoms with Crippen LogP contribution in [0.4, 0.5) is 0 Å². The number of hydrogen-bond donors (Lipinski definition) is 1. The third-order valence-corrected chi connectivity index (χ3v) is 4.94. The summed E-state index contributed by atoms with van der Waals surface area (Å²) in [6.45, 7) is 1.88. The maximum atomic E-state index is 12.4. The molecule has 6 nitrogen and oxygen atoms in total. The Labute approximate surface area is 152 Å². The number of carbonyl (C=O) groups is 1. The van der Waals surface area contributed by atoms with E-state index in [1.807, 2.05) is 13.0 Å². The van der Waals surface area contributed by atoms with Gasteiger partial charge in [-0.1, -0.05) is 30.7 Å². The van der Waals surface area contributed by atoms with Gasteiger partial charge in [0.1, 0.15) is 11.4 Å². The Morgan fingerprint density at radius 2 is 2.16 bits per heavy atom. The molecule has 128 valence electrons. The van der Waals surface area contributed by atoms with Gasteiger partial charge < -0.3 is 0 Å². The van der Waals surface area contributed by atoms with Gasteiger partial charge in [-0.05, 0) is 30.2 Å². The smallest absolute Gasteiger partial charge is 0.262 e.